The minimum absolute atomic E-state index is 0.0850. The zero-order chi connectivity index (χ0) is 26.3. The number of anilines is 1. The van der Waals surface area contributed by atoms with Crippen LogP contribution in [0.15, 0.2) is 54.6 Å². The fraction of sp³-hybridized carbons (Fsp3) is 0.286. The zero-order valence-electron chi connectivity index (χ0n) is 20.5. The molecule has 3 N–H and O–H groups in total. The van der Waals surface area contributed by atoms with Crippen molar-refractivity contribution in [1.82, 2.24) is 0 Å². The van der Waals surface area contributed by atoms with Gasteiger partial charge in [-0.25, -0.2) is 9.18 Å². The molecule has 8 heteroatoms. The fourth-order valence-electron chi connectivity index (χ4n) is 5.01. The van der Waals surface area contributed by atoms with Crippen LogP contribution in [0.3, 0.4) is 0 Å². The van der Waals surface area contributed by atoms with Crippen molar-refractivity contribution < 1.29 is 18.7 Å². The van der Waals surface area contributed by atoms with Gasteiger partial charge < -0.3 is 20.5 Å². The molecule has 0 spiro atoms. The number of nitriles is 1. The van der Waals surface area contributed by atoms with Crippen molar-refractivity contribution >= 4 is 23.4 Å². The molecule has 0 aromatic heterocycles. The molecule has 1 aliphatic heterocycles. The first-order valence-corrected chi connectivity index (χ1v) is 11.8. The summed E-state index contributed by atoms with van der Waals surface area (Å²) in [6, 6.07) is 17.8. The Morgan fingerprint density at radius 1 is 1.19 bits per heavy atom. The normalized spacial score (nSPS) is 17.5. The second-order valence-corrected chi connectivity index (χ2v) is 10.2. The van der Waals surface area contributed by atoms with Crippen LogP contribution in [0.1, 0.15) is 37.5 Å². The molecule has 0 bridgehead atoms. The zero-order valence-corrected chi connectivity index (χ0v) is 21.2. The molecule has 1 amide bonds. The van der Waals surface area contributed by atoms with Crippen molar-refractivity contribution in [2.75, 3.05) is 12.4 Å². The molecule has 6 nitrogen and oxygen atoms in total. The van der Waals surface area contributed by atoms with Crippen LogP contribution >= 0.6 is 11.6 Å². The van der Waals surface area contributed by atoms with Crippen LogP contribution in [0, 0.1) is 22.6 Å². The molecule has 0 saturated heterocycles. The molecule has 0 fully saturated rings. The smallest absolute Gasteiger partial charge is 0.404 e. The average molecular weight is 508 g/mol. The molecule has 2 atom stereocenters. The summed E-state index contributed by atoms with van der Waals surface area (Å²) in [4.78, 5) is 12.0. The number of nitrogens with two attached hydrogens (primary N) is 1. The summed E-state index contributed by atoms with van der Waals surface area (Å²) in [7, 11) is 1.60. The number of primary amides is 1. The first kappa shape index (κ1) is 25.3. The molecule has 186 valence electrons. The summed E-state index contributed by atoms with van der Waals surface area (Å²) in [5, 5.41) is 12.9. The van der Waals surface area contributed by atoms with Gasteiger partial charge >= 0.3 is 6.09 Å². The SMILES string of the molecule is CNc1ccc(C#N)c(-c2c(Cl)ccc3c2CC(c2ccccc2)(C(OC(N)=O)C(C)(C)C)O3)c1F. The minimum Gasteiger partial charge on any atom is -0.478 e. The van der Waals surface area contributed by atoms with E-state index in [0.717, 1.165) is 5.56 Å². The lowest BCUT2D eigenvalue weighted by molar-refractivity contribution is -0.100. The minimum atomic E-state index is -1.18. The molecule has 2 unspecified atom stereocenters. The van der Waals surface area contributed by atoms with Gasteiger partial charge in [0, 0.05) is 40.6 Å². The number of hydrogen-bond donors (Lipinski definition) is 2. The first-order chi connectivity index (χ1) is 17.0. The molecular weight excluding hydrogens is 481 g/mol. The van der Waals surface area contributed by atoms with Crippen molar-refractivity contribution in [2.45, 2.75) is 38.9 Å². The van der Waals surface area contributed by atoms with E-state index in [9.17, 15) is 10.1 Å². The van der Waals surface area contributed by atoms with Crippen LogP contribution in [0.25, 0.3) is 11.1 Å². The van der Waals surface area contributed by atoms with Crippen molar-refractivity contribution in [1.29, 1.82) is 5.26 Å². The van der Waals surface area contributed by atoms with E-state index >= 15 is 4.39 Å². The maximum absolute atomic E-state index is 15.7. The topological polar surface area (TPSA) is 97.4 Å². The van der Waals surface area contributed by atoms with E-state index in [0.29, 0.717) is 16.9 Å². The highest BCUT2D eigenvalue weighted by Gasteiger charge is 2.55. The van der Waals surface area contributed by atoms with Crippen LogP contribution in [-0.4, -0.2) is 19.2 Å². The van der Waals surface area contributed by atoms with Gasteiger partial charge in [-0.15, -0.1) is 0 Å². The third kappa shape index (κ3) is 4.22. The summed E-state index contributed by atoms with van der Waals surface area (Å²) >= 11 is 6.67. The Balaban J connectivity index is 2.01. The van der Waals surface area contributed by atoms with Gasteiger partial charge in [0.15, 0.2) is 17.5 Å². The van der Waals surface area contributed by atoms with Gasteiger partial charge in [0.1, 0.15) is 5.75 Å². The van der Waals surface area contributed by atoms with Crippen LogP contribution in [0.2, 0.25) is 5.02 Å². The van der Waals surface area contributed by atoms with Gasteiger partial charge in [-0.05, 0) is 29.8 Å². The second kappa shape index (κ2) is 9.36. The van der Waals surface area contributed by atoms with Crippen molar-refractivity contribution in [3.63, 3.8) is 0 Å². The van der Waals surface area contributed by atoms with E-state index in [1.54, 1.807) is 25.2 Å². The number of halogens is 2. The van der Waals surface area contributed by atoms with Gasteiger partial charge in [0.2, 0.25) is 0 Å². The van der Waals surface area contributed by atoms with E-state index < -0.39 is 29.0 Å². The molecule has 0 saturated carbocycles. The Morgan fingerprint density at radius 2 is 1.89 bits per heavy atom. The molecule has 3 aromatic carbocycles. The highest BCUT2D eigenvalue weighted by Crippen LogP contribution is 2.53. The first-order valence-electron chi connectivity index (χ1n) is 11.5. The van der Waals surface area contributed by atoms with Crippen molar-refractivity contribution in [3.05, 3.63) is 82.1 Å². The largest absolute Gasteiger partial charge is 0.478 e. The van der Waals surface area contributed by atoms with E-state index in [2.05, 4.69) is 11.4 Å². The summed E-state index contributed by atoms with van der Waals surface area (Å²) < 4.78 is 28.0. The van der Waals surface area contributed by atoms with E-state index in [4.69, 9.17) is 26.8 Å². The van der Waals surface area contributed by atoms with Crippen LogP contribution < -0.4 is 15.8 Å². The number of carbonyl (C=O) groups is 1. The fourth-order valence-corrected chi connectivity index (χ4v) is 5.28. The molecule has 1 aliphatic rings. The Morgan fingerprint density at radius 3 is 2.47 bits per heavy atom. The van der Waals surface area contributed by atoms with Gasteiger partial charge in [-0.3, -0.25) is 0 Å². The monoisotopic (exact) mass is 507 g/mol. The van der Waals surface area contributed by atoms with Gasteiger partial charge in [0.25, 0.3) is 0 Å². The average Bonchev–Trinajstić information content (AvgIpc) is 3.23. The van der Waals surface area contributed by atoms with Crippen LogP contribution in [0.5, 0.6) is 5.75 Å². The Bertz CT molecular complexity index is 1370. The molecule has 0 aliphatic carbocycles. The summed E-state index contributed by atoms with van der Waals surface area (Å²) in [6.45, 7) is 5.78. The second-order valence-electron chi connectivity index (χ2n) is 9.83. The number of amides is 1. The molecule has 3 aromatic rings. The van der Waals surface area contributed by atoms with E-state index in [1.165, 1.54) is 6.07 Å². The predicted molar refractivity (Wildman–Crippen MR) is 137 cm³/mol. The molecule has 36 heavy (non-hydrogen) atoms. The van der Waals surface area contributed by atoms with Crippen molar-refractivity contribution in [3.8, 4) is 22.9 Å². The number of benzene rings is 3. The highest BCUT2D eigenvalue weighted by molar-refractivity contribution is 6.33. The van der Waals surface area contributed by atoms with Crippen LogP contribution in [-0.2, 0) is 16.8 Å². The number of nitrogens with one attached hydrogen (secondary N) is 1. The molecule has 0 radical (unpaired) electrons. The third-order valence-corrected chi connectivity index (χ3v) is 6.75. The van der Waals surface area contributed by atoms with Gasteiger partial charge in [-0.2, -0.15) is 5.26 Å². The quantitative estimate of drug-likeness (QED) is 0.416. The summed E-state index contributed by atoms with van der Waals surface area (Å²) in [5.41, 5.74) is 5.92. The maximum atomic E-state index is 15.7. The Hall–Kier alpha value is -3.76. The Labute approximate surface area is 214 Å². The standard InChI is InChI=1S/C28H27ClFN3O3/c1-27(2,3)25(35-26(32)34)28(17-8-6-5-7-9-17)14-18-21(36-28)13-11-19(29)23(18)22-16(15-31)10-12-20(33-4)24(22)30/h5-13,25,33H,14H2,1-4H3,(H2,32,34). The van der Waals surface area contributed by atoms with Crippen LogP contribution in [0.4, 0.5) is 14.9 Å². The maximum Gasteiger partial charge on any atom is 0.404 e. The van der Waals surface area contributed by atoms with E-state index in [-0.39, 0.29) is 28.3 Å². The number of ether oxygens (including phenoxy) is 2. The molecule has 1 heterocycles. The Kier molecular flexibility index (Phi) is 6.59. The van der Waals surface area contributed by atoms with Crippen molar-refractivity contribution in [2.24, 2.45) is 11.1 Å². The molecule has 4 rings (SSSR count). The lowest BCUT2D eigenvalue weighted by Gasteiger charge is -2.43. The molecular formula is C28H27ClFN3O3. The number of hydrogen-bond acceptors (Lipinski definition) is 5. The predicted octanol–water partition coefficient (Wildman–Crippen LogP) is 6.40. The lowest BCUT2D eigenvalue weighted by Crippen LogP contribution is -2.53. The number of nitrogens with zero attached hydrogens (tertiary/aromatic N) is 1. The number of fused-ring (bicyclic) bond motifs is 1. The van der Waals surface area contributed by atoms with Gasteiger partial charge in [-0.1, -0.05) is 62.7 Å². The third-order valence-electron chi connectivity index (χ3n) is 6.44. The highest BCUT2D eigenvalue weighted by atomic mass is 35.5. The summed E-state index contributed by atoms with van der Waals surface area (Å²) in [6.07, 6.45) is -1.54. The van der Waals surface area contributed by atoms with E-state index in [1.807, 2.05) is 51.1 Å². The number of carbonyl (C=O) groups excluding carboxylic acids is 1. The van der Waals surface area contributed by atoms with Gasteiger partial charge in [0.05, 0.1) is 17.3 Å². The number of rotatable bonds is 5. The summed E-state index contributed by atoms with van der Waals surface area (Å²) in [5.74, 6) is -0.136. The lowest BCUT2D eigenvalue weighted by atomic mass is 9.72.